The summed E-state index contributed by atoms with van der Waals surface area (Å²) >= 11 is 0. The third-order valence-electron chi connectivity index (χ3n) is 3.72. The second-order valence-electron chi connectivity index (χ2n) is 4.89. The number of hydrogen-bond acceptors (Lipinski definition) is 2. The second kappa shape index (κ2) is 5.61. The summed E-state index contributed by atoms with van der Waals surface area (Å²) in [5.41, 5.74) is 0.412. The van der Waals surface area contributed by atoms with E-state index in [2.05, 4.69) is 11.9 Å². The lowest BCUT2D eigenvalue weighted by Crippen LogP contribution is -2.38. The monoisotopic (exact) mass is 237 g/mol. The lowest BCUT2D eigenvalue weighted by atomic mass is 9.91. The summed E-state index contributed by atoms with van der Waals surface area (Å²) < 4.78 is 13.4. The summed E-state index contributed by atoms with van der Waals surface area (Å²) in [7, 11) is 2.08. The lowest BCUT2D eigenvalue weighted by Gasteiger charge is -2.35. The molecular formula is C14H20FNO. The summed E-state index contributed by atoms with van der Waals surface area (Å²) in [6.45, 7) is 0.820. The van der Waals surface area contributed by atoms with Crippen LogP contribution >= 0.6 is 0 Å². The maximum atomic E-state index is 13.4. The van der Waals surface area contributed by atoms with Gasteiger partial charge in [0.25, 0.3) is 0 Å². The van der Waals surface area contributed by atoms with Crippen LogP contribution in [0.1, 0.15) is 37.4 Å². The zero-order chi connectivity index (χ0) is 12.3. The molecule has 3 heteroatoms. The van der Waals surface area contributed by atoms with Gasteiger partial charge in [0.2, 0.25) is 0 Å². The molecule has 0 amide bonds. The van der Waals surface area contributed by atoms with E-state index in [1.165, 1.54) is 25.3 Å². The number of nitrogens with zero attached hydrogens (tertiary/aromatic N) is 1. The highest BCUT2D eigenvalue weighted by Gasteiger charge is 2.22. The summed E-state index contributed by atoms with van der Waals surface area (Å²) in [6.07, 6.45) is 3.72. The minimum Gasteiger partial charge on any atom is -0.388 e. The molecule has 94 valence electrons. The van der Waals surface area contributed by atoms with Crippen molar-refractivity contribution < 1.29 is 9.50 Å². The zero-order valence-electron chi connectivity index (χ0n) is 10.3. The first-order valence-electron chi connectivity index (χ1n) is 6.31. The van der Waals surface area contributed by atoms with Crippen LogP contribution in [0.3, 0.4) is 0 Å². The molecule has 0 radical (unpaired) electrons. The van der Waals surface area contributed by atoms with Gasteiger partial charge in [-0.15, -0.1) is 0 Å². The fraction of sp³-hybridized carbons (Fsp3) is 0.571. The van der Waals surface area contributed by atoms with Gasteiger partial charge in [0.15, 0.2) is 0 Å². The molecule has 0 spiro atoms. The van der Waals surface area contributed by atoms with Crippen molar-refractivity contribution in [3.8, 4) is 0 Å². The summed E-state index contributed by atoms with van der Waals surface area (Å²) in [4.78, 5) is 2.27. The van der Waals surface area contributed by atoms with Gasteiger partial charge >= 0.3 is 0 Å². The van der Waals surface area contributed by atoms with E-state index >= 15 is 0 Å². The molecule has 0 aromatic heterocycles. The van der Waals surface area contributed by atoms with Crippen molar-refractivity contribution in [2.45, 2.75) is 37.8 Å². The Morgan fingerprint density at radius 1 is 1.41 bits per heavy atom. The molecule has 1 N–H and O–H groups in total. The van der Waals surface area contributed by atoms with Crippen LogP contribution in [0.25, 0.3) is 0 Å². The molecule has 2 nitrogen and oxygen atoms in total. The minimum absolute atomic E-state index is 0.314. The van der Waals surface area contributed by atoms with E-state index in [9.17, 15) is 9.50 Å². The van der Waals surface area contributed by atoms with Crippen LogP contribution in [0.5, 0.6) is 0 Å². The van der Waals surface area contributed by atoms with Crippen LogP contribution in [-0.4, -0.2) is 29.6 Å². The molecule has 1 aromatic rings. The largest absolute Gasteiger partial charge is 0.388 e. The molecule has 1 fully saturated rings. The van der Waals surface area contributed by atoms with E-state index in [0.29, 0.717) is 18.0 Å². The van der Waals surface area contributed by atoms with Crippen LogP contribution in [0.4, 0.5) is 4.39 Å². The first kappa shape index (κ1) is 12.5. The molecule has 0 heterocycles. The number of benzene rings is 1. The SMILES string of the molecule is CN(CCC(O)c1ccccc1F)C1CCC1. The minimum atomic E-state index is -0.696. The van der Waals surface area contributed by atoms with E-state index in [0.717, 1.165) is 6.54 Å². The number of aliphatic hydroxyl groups excluding tert-OH is 1. The Hall–Kier alpha value is -0.930. The number of halogens is 1. The fourth-order valence-corrected chi connectivity index (χ4v) is 2.24. The molecule has 1 saturated carbocycles. The highest BCUT2D eigenvalue weighted by atomic mass is 19.1. The molecule has 1 aliphatic carbocycles. The summed E-state index contributed by atoms with van der Waals surface area (Å²) in [5.74, 6) is -0.314. The Morgan fingerprint density at radius 2 is 2.12 bits per heavy atom. The van der Waals surface area contributed by atoms with Gasteiger partial charge in [-0.3, -0.25) is 0 Å². The Balaban J connectivity index is 1.84. The van der Waals surface area contributed by atoms with E-state index < -0.39 is 6.10 Å². The number of hydrogen-bond donors (Lipinski definition) is 1. The van der Waals surface area contributed by atoms with Crippen molar-refractivity contribution >= 4 is 0 Å². The molecule has 0 saturated heterocycles. The third-order valence-corrected chi connectivity index (χ3v) is 3.72. The lowest BCUT2D eigenvalue weighted by molar-refractivity contribution is 0.110. The maximum absolute atomic E-state index is 13.4. The van der Waals surface area contributed by atoms with Crippen molar-refractivity contribution in [1.29, 1.82) is 0 Å². The van der Waals surface area contributed by atoms with Gasteiger partial charge in [0.05, 0.1) is 6.10 Å². The predicted molar refractivity (Wildman–Crippen MR) is 66.2 cm³/mol. The first-order chi connectivity index (χ1) is 8.18. The van der Waals surface area contributed by atoms with Crippen LogP contribution in [0, 0.1) is 5.82 Å². The molecule has 0 bridgehead atoms. The predicted octanol–water partition coefficient (Wildman–Crippen LogP) is 2.73. The fourth-order valence-electron chi connectivity index (χ4n) is 2.24. The summed E-state index contributed by atoms with van der Waals surface area (Å²) in [5, 5.41) is 9.96. The van der Waals surface area contributed by atoms with Gasteiger partial charge in [-0.2, -0.15) is 0 Å². The third kappa shape index (κ3) is 3.05. The molecule has 1 aromatic carbocycles. The molecule has 1 unspecified atom stereocenters. The number of aliphatic hydroxyl groups is 1. The van der Waals surface area contributed by atoms with Crippen molar-refractivity contribution in [1.82, 2.24) is 4.90 Å². The highest BCUT2D eigenvalue weighted by molar-refractivity contribution is 5.19. The summed E-state index contributed by atoms with van der Waals surface area (Å²) in [6, 6.07) is 7.13. The van der Waals surface area contributed by atoms with E-state index in [1.807, 2.05) is 0 Å². The van der Waals surface area contributed by atoms with Crippen molar-refractivity contribution in [2.24, 2.45) is 0 Å². The highest BCUT2D eigenvalue weighted by Crippen LogP contribution is 2.25. The normalized spacial score (nSPS) is 18.1. The first-order valence-corrected chi connectivity index (χ1v) is 6.31. The van der Waals surface area contributed by atoms with Crippen LogP contribution in [-0.2, 0) is 0 Å². The van der Waals surface area contributed by atoms with Crippen molar-refractivity contribution in [2.75, 3.05) is 13.6 Å². The Labute approximate surface area is 102 Å². The van der Waals surface area contributed by atoms with Crippen LogP contribution in [0.2, 0.25) is 0 Å². The molecule has 17 heavy (non-hydrogen) atoms. The quantitative estimate of drug-likeness (QED) is 0.851. The van der Waals surface area contributed by atoms with Crippen LogP contribution in [0.15, 0.2) is 24.3 Å². The average molecular weight is 237 g/mol. The topological polar surface area (TPSA) is 23.5 Å². The molecule has 2 rings (SSSR count). The van der Waals surface area contributed by atoms with E-state index in [1.54, 1.807) is 18.2 Å². The standard InChI is InChI=1S/C14H20FNO/c1-16(11-5-4-6-11)10-9-14(17)12-7-2-3-8-13(12)15/h2-3,7-8,11,14,17H,4-6,9-10H2,1H3. The molecule has 1 atom stereocenters. The van der Waals surface area contributed by atoms with Gasteiger partial charge in [-0.1, -0.05) is 24.6 Å². The molecule has 0 aliphatic heterocycles. The van der Waals surface area contributed by atoms with Gasteiger partial charge < -0.3 is 10.0 Å². The van der Waals surface area contributed by atoms with Crippen molar-refractivity contribution in [3.05, 3.63) is 35.6 Å². The molecular weight excluding hydrogens is 217 g/mol. The van der Waals surface area contributed by atoms with Gasteiger partial charge in [0.1, 0.15) is 5.82 Å². The zero-order valence-corrected chi connectivity index (χ0v) is 10.3. The maximum Gasteiger partial charge on any atom is 0.128 e. The van der Waals surface area contributed by atoms with Gasteiger partial charge in [-0.25, -0.2) is 4.39 Å². The average Bonchev–Trinajstić information content (AvgIpc) is 2.24. The van der Waals surface area contributed by atoms with Crippen LogP contribution < -0.4 is 0 Å². The second-order valence-corrected chi connectivity index (χ2v) is 4.89. The van der Waals surface area contributed by atoms with E-state index in [-0.39, 0.29) is 5.82 Å². The van der Waals surface area contributed by atoms with Gasteiger partial charge in [0, 0.05) is 18.2 Å². The van der Waals surface area contributed by atoms with Gasteiger partial charge in [-0.05, 0) is 32.4 Å². The van der Waals surface area contributed by atoms with Crippen molar-refractivity contribution in [3.63, 3.8) is 0 Å². The smallest absolute Gasteiger partial charge is 0.128 e. The van der Waals surface area contributed by atoms with E-state index in [4.69, 9.17) is 0 Å². The molecule has 1 aliphatic rings. The Kier molecular flexibility index (Phi) is 4.13. The number of rotatable bonds is 5. The Morgan fingerprint density at radius 3 is 2.71 bits per heavy atom. The Bertz CT molecular complexity index is 365.